The van der Waals surface area contributed by atoms with Crippen molar-refractivity contribution in [3.05, 3.63) is 23.8 Å². The zero-order valence-electron chi connectivity index (χ0n) is 16.3. The lowest BCUT2D eigenvalue weighted by Crippen LogP contribution is -2.50. The van der Waals surface area contributed by atoms with Crippen LogP contribution in [0.2, 0.25) is 0 Å². The van der Waals surface area contributed by atoms with Crippen LogP contribution < -0.4 is 20.1 Å². The SMILES string of the molecule is O=C(NC1CCCCC1)N[C@H]1CO[C@H]2[C@@H]1OC[C@@H]2C#Cc1ccc2c(c1)OCO2. The first-order valence-electron chi connectivity index (χ1n) is 10.5. The zero-order chi connectivity index (χ0) is 19.6. The molecule has 0 radical (unpaired) electrons. The summed E-state index contributed by atoms with van der Waals surface area (Å²) in [5.41, 5.74) is 0.872. The van der Waals surface area contributed by atoms with Gasteiger partial charge in [0.2, 0.25) is 6.79 Å². The van der Waals surface area contributed by atoms with Gasteiger partial charge in [0.1, 0.15) is 12.2 Å². The van der Waals surface area contributed by atoms with Crippen molar-refractivity contribution >= 4 is 6.03 Å². The molecule has 1 aromatic carbocycles. The van der Waals surface area contributed by atoms with Gasteiger partial charge in [-0.25, -0.2) is 4.79 Å². The second-order valence-electron chi connectivity index (χ2n) is 8.10. The van der Waals surface area contributed by atoms with Crippen LogP contribution in [-0.4, -0.2) is 50.3 Å². The first-order valence-corrected chi connectivity index (χ1v) is 10.5. The minimum atomic E-state index is -0.150. The minimum Gasteiger partial charge on any atom is -0.454 e. The maximum atomic E-state index is 12.4. The van der Waals surface area contributed by atoms with Crippen LogP contribution in [-0.2, 0) is 9.47 Å². The maximum Gasteiger partial charge on any atom is 0.315 e. The van der Waals surface area contributed by atoms with E-state index in [0.29, 0.717) is 13.2 Å². The summed E-state index contributed by atoms with van der Waals surface area (Å²) in [6, 6.07) is 5.70. The molecule has 2 amide bonds. The lowest BCUT2D eigenvalue weighted by molar-refractivity contribution is 0.0665. The first-order chi connectivity index (χ1) is 14.3. The van der Waals surface area contributed by atoms with Crippen LogP contribution in [0, 0.1) is 17.8 Å². The molecule has 5 rings (SSSR count). The van der Waals surface area contributed by atoms with E-state index in [0.717, 1.165) is 29.9 Å². The molecule has 3 fully saturated rings. The number of rotatable bonds is 2. The molecule has 0 unspecified atom stereocenters. The van der Waals surface area contributed by atoms with Crippen LogP contribution in [0.1, 0.15) is 37.7 Å². The standard InChI is InChI=1S/C22H26N2O5/c25-22(23-16-4-2-1-3-5-16)24-17-12-27-20-15(11-26-21(17)20)8-6-14-7-9-18-19(10-14)29-13-28-18/h7,9-10,15-17,20-21H,1-5,11-13H2,(H2,23,24,25)/t15-,17-,20+,21+/m0/s1. The number of carbonyl (C=O) groups excluding carboxylic acids is 1. The van der Waals surface area contributed by atoms with E-state index in [1.54, 1.807) is 0 Å². The van der Waals surface area contributed by atoms with Crippen molar-refractivity contribution in [3.63, 3.8) is 0 Å². The van der Waals surface area contributed by atoms with Crippen molar-refractivity contribution in [2.24, 2.45) is 5.92 Å². The predicted octanol–water partition coefficient (Wildman–Crippen LogP) is 2.18. The van der Waals surface area contributed by atoms with E-state index in [1.807, 2.05) is 18.2 Å². The molecule has 2 N–H and O–H groups in total. The molecule has 1 aromatic rings. The Labute approximate surface area is 170 Å². The quantitative estimate of drug-likeness (QED) is 0.747. The number of benzene rings is 1. The molecule has 7 heteroatoms. The third-order valence-corrected chi connectivity index (χ3v) is 6.08. The van der Waals surface area contributed by atoms with E-state index in [9.17, 15) is 4.79 Å². The summed E-state index contributed by atoms with van der Waals surface area (Å²) in [5.74, 6) is 7.93. The van der Waals surface area contributed by atoms with Crippen LogP contribution in [0.25, 0.3) is 0 Å². The highest BCUT2D eigenvalue weighted by Crippen LogP contribution is 2.33. The largest absolute Gasteiger partial charge is 0.454 e. The van der Waals surface area contributed by atoms with Gasteiger partial charge in [-0.1, -0.05) is 31.1 Å². The number of nitrogens with one attached hydrogen (secondary N) is 2. The lowest BCUT2D eigenvalue weighted by Gasteiger charge is -2.24. The van der Waals surface area contributed by atoms with Gasteiger partial charge in [0, 0.05) is 11.6 Å². The number of amides is 2. The van der Waals surface area contributed by atoms with Crippen molar-refractivity contribution in [2.45, 2.75) is 56.4 Å². The average Bonchev–Trinajstić information content (AvgIpc) is 3.44. The van der Waals surface area contributed by atoms with Crippen LogP contribution in [0.3, 0.4) is 0 Å². The fourth-order valence-electron chi connectivity index (χ4n) is 4.54. The second-order valence-corrected chi connectivity index (χ2v) is 8.10. The third-order valence-electron chi connectivity index (χ3n) is 6.08. The highest BCUT2D eigenvalue weighted by Gasteiger charge is 2.47. The Bertz CT molecular complexity index is 826. The Balaban J connectivity index is 1.17. The molecule has 1 saturated carbocycles. The smallest absolute Gasteiger partial charge is 0.315 e. The summed E-state index contributed by atoms with van der Waals surface area (Å²) in [4.78, 5) is 12.4. The van der Waals surface area contributed by atoms with E-state index in [4.69, 9.17) is 18.9 Å². The van der Waals surface area contributed by atoms with Crippen molar-refractivity contribution in [3.8, 4) is 23.3 Å². The van der Waals surface area contributed by atoms with Crippen molar-refractivity contribution in [1.29, 1.82) is 0 Å². The van der Waals surface area contributed by atoms with Crippen LogP contribution >= 0.6 is 0 Å². The summed E-state index contributed by atoms with van der Waals surface area (Å²) in [6.07, 6.45) is 5.51. The van der Waals surface area contributed by atoms with Gasteiger partial charge in [-0.15, -0.1) is 0 Å². The molecular formula is C22H26N2O5. The molecular weight excluding hydrogens is 372 g/mol. The van der Waals surface area contributed by atoms with Gasteiger partial charge in [-0.2, -0.15) is 0 Å². The second kappa shape index (κ2) is 8.13. The molecule has 4 atom stereocenters. The van der Waals surface area contributed by atoms with E-state index < -0.39 is 0 Å². The summed E-state index contributed by atoms with van der Waals surface area (Å²) in [6.45, 7) is 1.22. The molecule has 3 heterocycles. The van der Waals surface area contributed by atoms with Gasteiger partial charge in [-0.05, 0) is 31.0 Å². The third kappa shape index (κ3) is 4.00. The van der Waals surface area contributed by atoms with E-state index in [2.05, 4.69) is 22.5 Å². The van der Waals surface area contributed by atoms with Gasteiger partial charge >= 0.3 is 6.03 Å². The molecule has 0 aromatic heterocycles. The lowest BCUT2D eigenvalue weighted by atomic mass is 9.96. The van der Waals surface area contributed by atoms with E-state index >= 15 is 0 Å². The number of carbonyl (C=O) groups is 1. The van der Waals surface area contributed by atoms with Crippen LogP contribution in [0.15, 0.2) is 18.2 Å². The maximum absolute atomic E-state index is 12.4. The van der Waals surface area contributed by atoms with Crippen LogP contribution in [0.5, 0.6) is 11.5 Å². The average molecular weight is 398 g/mol. The summed E-state index contributed by atoms with van der Waals surface area (Å²) < 4.78 is 22.6. The number of fused-ring (bicyclic) bond motifs is 2. The molecule has 3 aliphatic heterocycles. The molecule has 0 spiro atoms. The van der Waals surface area contributed by atoms with Gasteiger partial charge < -0.3 is 29.6 Å². The van der Waals surface area contributed by atoms with Gasteiger partial charge in [-0.3, -0.25) is 0 Å². The fourth-order valence-corrected chi connectivity index (χ4v) is 4.54. The van der Waals surface area contributed by atoms with Crippen molar-refractivity contribution < 1.29 is 23.7 Å². The highest BCUT2D eigenvalue weighted by molar-refractivity contribution is 5.74. The molecule has 2 saturated heterocycles. The number of hydrogen-bond donors (Lipinski definition) is 2. The Hall–Kier alpha value is -2.43. The molecule has 7 nitrogen and oxygen atoms in total. The molecule has 29 heavy (non-hydrogen) atoms. The number of ether oxygens (including phenoxy) is 4. The van der Waals surface area contributed by atoms with E-state index in [-0.39, 0.29) is 43.0 Å². The van der Waals surface area contributed by atoms with Gasteiger partial charge in [0.05, 0.1) is 25.2 Å². The summed E-state index contributed by atoms with van der Waals surface area (Å²) in [7, 11) is 0. The number of urea groups is 1. The predicted molar refractivity (Wildman–Crippen MR) is 105 cm³/mol. The topological polar surface area (TPSA) is 78.1 Å². The Morgan fingerprint density at radius 1 is 0.966 bits per heavy atom. The Kier molecular flexibility index (Phi) is 5.21. The first kappa shape index (κ1) is 18.6. The number of hydrogen-bond acceptors (Lipinski definition) is 5. The monoisotopic (exact) mass is 398 g/mol. The zero-order valence-corrected chi connectivity index (χ0v) is 16.3. The summed E-state index contributed by atoms with van der Waals surface area (Å²) >= 11 is 0. The fraction of sp³-hybridized carbons (Fsp3) is 0.591. The molecule has 4 aliphatic rings. The summed E-state index contributed by atoms with van der Waals surface area (Å²) in [5, 5.41) is 6.13. The van der Waals surface area contributed by atoms with Crippen LogP contribution in [0.4, 0.5) is 4.79 Å². The normalized spacial score (nSPS) is 30.3. The van der Waals surface area contributed by atoms with E-state index in [1.165, 1.54) is 19.3 Å². The highest BCUT2D eigenvalue weighted by atomic mass is 16.7. The molecule has 154 valence electrons. The molecule has 1 aliphatic carbocycles. The van der Waals surface area contributed by atoms with Crippen molar-refractivity contribution in [2.75, 3.05) is 20.0 Å². The molecule has 0 bridgehead atoms. The van der Waals surface area contributed by atoms with Crippen molar-refractivity contribution in [1.82, 2.24) is 10.6 Å². The van der Waals surface area contributed by atoms with Gasteiger partial charge in [0.25, 0.3) is 0 Å². The van der Waals surface area contributed by atoms with Gasteiger partial charge in [0.15, 0.2) is 11.5 Å². The Morgan fingerprint density at radius 2 is 1.79 bits per heavy atom. The Morgan fingerprint density at radius 3 is 2.69 bits per heavy atom. The minimum absolute atomic E-state index is 0.0152.